The molecule has 2 unspecified atom stereocenters. The van der Waals surface area contributed by atoms with E-state index < -0.39 is 0 Å². The molecular weight excluding hydrogens is 861 g/mol. The van der Waals surface area contributed by atoms with Crippen LogP contribution in [0.4, 0.5) is 5.69 Å². The average Bonchev–Trinajstić information content (AvgIpc) is 3.75. The maximum absolute atomic E-state index is 6.81. The molecule has 71 heavy (non-hydrogen) atoms. The predicted molar refractivity (Wildman–Crippen MR) is 303 cm³/mol. The Morgan fingerprint density at radius 1 is 0.549 bits per heavy atom. The van der Waals surface area contributed by atoms with Crippen LogP contribution in [0.15, 0.2) is 259 Å². The first-order chi connectivity index (χ1) is 35.0. The number of allylic oxidation sites excluding steroid dienone is 5. The third-order valence-electron chi connectivity index (χ3n) is 14.4. The van der Waals surface area contributed by atoms with Crippen LogP contribution >= 0.6 is 0 Å². The number of hydrogen-bond donors (Lipinski definition) is 2. The zero-order valence-corrected chi connectivity index (χ0v) is 39.6. The Bertz CT molecular complexity index is 3890. The first kappa shape index (κ1) is 43.3. The highest BCUT2D eigenvalue weighted by Gasteiger charge is 2.36. The Morgan fingerprint density at radius 2 is 1.10 bits per heavy atom. The van der Waals surface area contributed by atoms with Crippen LogP contribution in [0.5, 0.6) is 0 Å². The van der Waals surface area contributed by atoms with Gasteiger partial charge in [-0.3, -0.25) is 4.99 Å². The fourth-order valence-corrected chi connectivity index (χ4v) is 10.9. The van der Waals surface area contributed by atoms with Gasteiger partial charge in [0.05, 0.1) is 0 Å². The molecule has 0 saturated carbocycles. The van der Waals surface area contributed by atoms with Crippen LogP contribution in [0, 0.1) is 0 Å². The molecule has 0 radical (unpaired) electrons. The summed E-state index contributed by atoms with van der Waals surface area (Å²) < 4.78 is 0. The predicted octanol–water partition coefficient (Wildman–Crippen LogP) is 16.2. The second-order valence-electron chi connectivity index (χ2n) is 18.7. The minimum Gasteiger partial charge on any atom is -0.404 e. The smallest absolute Gasteiger partial charge is 0.131 e. The third-order valence-corrected chi connectivity index (χ3v) is 14.4. The van der Waals surface area contributed by atoms with Gasteiger partial charge in [-0.05, 0) is 166 Å². The first-order valence-electron chi connectivity index (χ1n) is 24.5. The van der Waals surface area contributed by atoms with Gasteiger partial charge in [-0.1, -0.05) is 182 Å². The molecule has 0 spiro atoms. The molecule has 2 aliphatic heterocycles. The molecule has 12 rings (SSSR count). The molecule has 0 aromatic heterocycles. The van der Waals surface area contributed by atoms with Crippen LogP contribution in [0.2, 0.25) is 0 Å². The second kappa shape index (κ2) is 18.5. The normalized spacial score (nSPS) is 15.9. The Morgan fingerprint density at radius 3 is 1.73 bits per heavy atom. The number of fused-ring (bicyclic) bond motifs is 7. The van der Waals surface area contributed by atoms with Gasteiger partial charge in [0.15, 0.2) is 0 Å². The molecule has 4 heteroatoms. The number of nitrogens with two attached hydrogens (primary N) is 2. The number of dihydropyridines is 1. The lowest BCUT2D eigenvalue weighted by atomic mass is 9.84. The highest BCUT2D eigenvalue weighted by Crippen LogP contribution is 2.46. The van der Waals surface area contributed by atoms with Crippen molar-refractivity contribution in [1.29, 1.82) is 0 Å². The van der Waals surface area contributed by atoms with Crippen LogP contribution in [0.25, 0.3) is 93.2 Å². The maximum Gasteiger partial charge on any atom is 0.131 e. The minimum absolute atomic E-state index is 0.0550. The van der Waals surface area contributed by atoms with Crippen LogP contribution < -0.4 is 16.4 Å². The Kier molecular flexibility index (Phi) is 11.3. The number of aliphatic imine (C=N–C) groups is 1. The van der Waals surface area contributed by atoms with Crippen molar-refractivity contribution in [2.75, 3.05) is 11.4 Å². The largest absolute Gasteiger partial charge is 0.404 e. The van der Waals surface area contributed by atoms with Crippen molar-refractivity contribution in [3.63, 3.8) is 0 Å². The topological polar surface area (TPSA) is 67.6 Å². The summed E-state index contributed by atoms with van der Waals surface area (Å²) >= 11 is 0. The van der Waals surface area contributed by atoms with Crippen molar-refractivity contribution in [3.05, 3.63) is 265 Å². The molecule has 2 aliphatic rings. The summed E-state index contributed by atoms with van der Waals surface area (Å²) in [4.78, 5) is 7.19. The van der Waals surface area contributed by atoms with Crippen LogP contribution in [-0.4, -0.2) is 18.9 Å². The molecule has 4 nitrogen and oxygen atoms in total. The third kappa shape index (κ3) is 8.09. The number of anilines is 1. The summed E-state index contributed by atoms with van der Waals surface area (Å²) in [5.74, 6) is 0.259. The Hall–Kier alpha value is -8.99. The van der Waals surface area contributed by atoms with Crippen molar-refractivity contribution < 1.29 is 0 Å². The van der Waals surface area contributed by atoms with Gasteiger partial charge in [0.1, 0.15) is 6.17 Å². The molecule has 4 N–H and O–H groups in total. The van der Waals surface area contributed by atoms with Crippen LogP contribution in [-0.2, 0) is 0 Å². The van der Waals surface area contributed by atoms with Crippen LogP contribution in [0.3, 0.4) is 0 Å². The summed E-state index contributed by atoms with van der Waals surface area (Å²) in [7, 11) is 0. The lowest BCUT2D eigenvalue weighted by Gasteiger charge is -2.26. The molecule has 0 fully saturated rings. The Labute approximate surface area is 415 Å². The quantitative estimate of drug-likeness (QED) is 0.106. The van der Waals surface area contributed by atoms with Gasteiger partial charge in [0, 0.05) is 41.8 Å². The first-order valence-corrected chi connectivity index (χ1v) is 24.5. The van der Waals surface area contributed by atoms with E-state index in [2.05, 4.69) is 230 Å². The molecule has 340 valence electrons. The lowest BCUT2D eigenvalue weighted by Crippen LogP contribution is -2.33. The van der Waals surface area contributed by atoms with Gasteiger partial charge >= 0.3 is 0 Å². The van der Waals surface area contributed by atoms with Gasteiger partial charge in [-0.2, -0.15) is 0 Å². The number of hydrogen-bond acceptors (Lipinski definition) is 4. The SMILES string of the molecule is C\C(=C/C(=C\N)C(/N)=C/C=C\CN1c2ccccc2C2C=CC=NC21)c1ccc2c(-c3ccc4ccc(-c5ccccc5)cc4c3)c3ccccc3c(-c3ccc4ccc(-c5ccccc5)cc4c3)c2c1. The van der Waals surface area contributed by atoms with E-state index in [0.29, 0.717) is 12.2 Å². The van der Waals surface area contributed by atoms with Gasteiger partial charge < -0.3 is 16.4 Å². The maximum atomic E-state index is 6.81. The van der Waals surface area contributed by atoms with Crippen molar-refractivity contribution in [1.82, 2.24) is 0 Å². The zero-order chi connectivity index (χ0) is 47.8. The molecule has 2 atom stereocenters. The minimum atomic E-state index is 0.0550. The van der Waals surface area contributed by atoms with Gasteiger partial charge in [-0.25, -0.2) is 0 Å². The van der Waals surface area contributed by atoms with E-state index in [1.54, 1.807) is 6.20 Å². The van der Waals surface area contributed by atoms with E-state index in [1.807, 2.05) is 24.4 Å². The monoisotopic (exact) mass is 912 g/mol. The molecule has 2 heterocycles. The van der Waals surface area contributed by atoms with Crippen molar-refractivity contribution in [2.45, 2.75) is 19.0 Å². The van der Waals surface area contributed by atoms with Gasteiger partial charge in [0.25, 0.3) is 0 Å². The lowest BCUT2D eigenvalue weighted by molar-refractivity contribution is 0.624. The molecule has 0 bridgehead atoms. The summed E-state index contributed by atoms with van der Waals surface area (Å²) in [6, 6.07) is 73.1. The van der Waals surface area contributed by atoms with E-state index in [-0.39, 0.29) is 12.1 Å². The highest BCUT2D eigenvalue weighted by atomic mass is 15.3. The molecule has 0 saturated heterocycles. The van der Waals surface area contributed by atoms with Gasteiger partial charge in [-0.15, -0.1) is 0 Å². The number of para-hydroxylation sites is 1. The Balaban J connectivity index is 0.961. The zero-order valence-electron chi connectivity index (χ0n) is 39.6. The number of nitrogens with zero attached hydrogens (tertiary/aromatic N) is 2. The van der Waals surface area contributed by atoms with E-state index >= 15 is 0 Å². The second-order valence-corrected chi connectivity index (χ2v) is 18.7. The summed E-state index contributed by atoms with van der Waals surface area (Å²) in [5.41, 5.74) is 28.8. The fourth-order valence-electron chi connectivity index (χ4n) is 10.9. The van der Waals surface area contributed by atoms with E-state index in [9.17, 15) is 0 Å². The van der Waals surface area contributed by atoms with E-state index in [0.717, 1.165) is 16.7 Å². The van der Waals surface area contributed by atoms with Crippen molar-refractivity contribution in [3.8, 4) is 44.5 Å². The number of benzene rings is 10. The summed E-state index contributed by atoms with van der Waals surface area (Å²) in [6.07, 6.45) is 16.1. The molecular formula is C67H52N4. The molecule has 10 aromatic rings. The van der Waals surface area contributed by atoms with Crippen molar-refractivity contribution >= 4 is 60.6 Å². The average molecular weight is 913 g/mol. The molecule has 0 aliphatic carbocycles. The molecule has 0 amide bonds. The van der Waals surface area contributed by atoms with Crippen molar-refractivity contribution in [2.24, 2.45) is 16.5 Å². The van der Waals surface area contributed by atoms with Crippen LogP contribution in [0.1, 0.15) is 24.0 Å². The van der Waals surface area contributed by atoms with E-state index in [1.165, 1.54) is 98.8 Å². The molecule has 10 aromatic carbocycles. The van der Waals surface area contributed by atoms with E-state index in [4.69, 9.17) is 16.5 Å². The fraction of sp³-hybridized carbons (Fsp3) is 0.0597. The number of rotatable bonds is 10. The van der Waals surface area contributed by atoms with Gasteiger partial charge in [0.2, 0.25) is 0 Å². The summed E-state index contributed by atoms with van der Waals surface area (Å²) in [5, 5.41) is 9.59. The highest BCUT2D eigenvalue weighted by molar-refractivity contribution is 6.22. The standard InChI is InChI=1S/C67H52N4/c1-44(37-56(43-68)63(69)23-12-13-36-71-64-24-11-10-19-57(64)61-22-14-35-70-67(61)71)49-33-34-60-62(42-49)66(53-32-28-48-26-30-51(39-55(48)41-53)46-17-6-3-7-18-46)59-21-9-8-20-58(59)65(60)52-31-27-47-25-29-50(38-54(47)40-52)45-15-4-2-5-16-45/h2-35,37-43,61,67H,36,68-69H2,1H3/b13-12-,44-37+,56-43+,63-23-. The summed E-state index contributed by atoms with van der Waals surface area (Å²) in [6.45, 7) is 2.85.